The molecule has 0 spiro atoms. The molecule has 0 atom stereocenters. The SMILES string of the molecule is C=CCNC(=O)c1cc2occc2n1Cc1cccc(F)c1. The molecule has 1 N–H and O–H groups in total. The highest BCUT2D eigenvalue weighted by molar-refractivity contribution is 5.97. The topological polar surface area (TPSA) is 47.2 Å². The van der Waals surface area contributed by atoms with E-state index in [9.17, 15) is 9.18 Å². The summed E-state index contributed by atoms with van der Waals surface area (Å²) >= 11 is 0. The molecular formula is C17H15FN2O2. The lowest BCUT2D eigenvalue weighted by atomic mass is 10.2. The number of aromatic nitrogens is 1. The normalized spacial score (nSPS) is 10.8. The molecule has 1 aromatic carbocycles. The third-order valence-electron chi connectivity index (χ3n) is 3.39. The Balaban J connectivity index is 2.00. The number of furan rings is 1. The van der Waals surface area contributed by atoms with E-state index in [2.05, 4.69) is 11.9 Å². The van der Waals surface area contributed by atoms with Gasteiger partial charge in [0.05, 0.1) is 11.8 Å². The first-order valence-corrected chi connectivity index (χ1v) is 6.89. The third kappa shape index (κ3) is 2.65. The Hall–Kier alpha value is -2.82. The Bertz CT molecular complexity index is 832. The van der Waals surface area contributed by atoms with E-state index < -0.39 is 0 Å². The summed E-state index contributed by atoms with van der Waals surface area (Å²) in [5, 5.41) is 2.74. The Morgan fingerprint density at radius 1 is 1.36 bits per heavy atom. The molecule has 2 heterocycles. The smallest absolute Gasteiger partial charge is 0.268 e. The molecule has 3 aromatic rings. The minimum absolute atomic E-state index is 0.220. The van der Waals surface area contributed by atoms with Crippen molar-refractivity contribution in [2.45, 2.75) is 6.54 Å². The highest BCUT2D eigenvalue weighted by Gasteiger charge is 2.17. The van der Waals surface area contributed by atoms with Gasteiger partial charge in [0.2, 0.25) is 0 Å². The van der Waals surface area contributed by atoms with Gasteiger partial charge in [-0.1, -0.05) is 18.2 Å². The summed E-state index contributed by atoms with van der Waals surface area (Å²) in [6.45, 7) is 4.34. The maximum atomic E-state index is 13.4. The number of nitrogens with one attached hydrogen (secondary N) is 1. The van der Waals surface area contributed by atoms with Crippen LogP contribution in [0.1, 0.15) is 16.1 Å². The summed E-state index contributed by atoms with van der Waals surface area (Å²) in [6.07, 6.45) is 3.18. The molecule has 5 heteroatoms. The largest absolute Gasteiger partial charge is 0.463 e. The fourth-order valence-electron chi connectivity index (χ4n) is 2.41. The van der Waals surface area contributed by atoms with Gasteiger partial charge in [-0.2, -0.15) is 0 Å². The van der Waals surface area contributed by atoms with Gasteiger partial charge in [-0.15, -0.1) is 6.58 Å². The quantitative estimate of drug-likeness (QED) is 0.734. The van der Waals surface area contributed by atoms with Crippen molar-refractivity contribution in [1.29, 1.82) is 0 Å². The second-order valence-electron chi connectivity index (χ2n) is 4.91. The summed E-state index contributed by atoms with van der Waals surface area (Å²) in [6, 6.07) is 9.80. The van der Waals surface area contributed by atoms with E-state index in [0.29, 0.717) is 24.4 Å². The summed E-state index contributed by atoms with van der Waals surface area (Å²) in [7, 11) is 0. The number of carbonyl (C=O) groups is 1. The molecule has 0 bridgehead atoms. The van der Waals surface area contributed by atoms with Crippen LogP contribution in [0.5, 0.6) is 0 Å². The minimum atomic E-state index is -0.300. The molecule has 112 valence electrons. The molecule has 0 aliphatic heterocycles. The van der Waals surface area contributed by atoms with Crippen molar-refractivity contribution in [3.05, 3.63) is 72.4 Å². The van der Waals surface area contributed by atoms with Crippen LogP contribution >= 0.6 is 0 Å². The average molecular weight is 298 g/mol. The van der Waals surface area contributed by atoms with Crippen molar-refractivity contribution in [3.63, 3.8) is 0 Å². The van der Waals surface area contributed by atoms with Crippen LogP contribution in [0.15, 0.2) is 59.7 Å². The van der Waals surface area contributed by atoms with Gasteiger partial charge in [-0.25, -0.2) is 4.39 Å². The van der Waals surface area contributed by atoms with Crippen molar-refractivity contribution >= 4 is 17.0 Å². The van der Waals surface area contributed by atoms with Crippen LogP contribution in [0.3, 0.4) is 0 Å². The maximum Gasteiger partial charge on any atom is 0.268 e. The fraction of sp³-hybridized carbons (Fsp3) is 0.118. The molecule has 1 amide bonds. The lowest BCUT2D eigenvalue weighted by molar-refractivity contribution is 0.0949. The number of carbonyl (C=O) groups excluding carboxylic acids is 1. The standard InChI is InChI=1S/C17H15FN2O2/c1-2-7-19-17(21)15-10-16-14(6-8-22-16)20(15)11-12-4-3-5-13(18)9-12/h2-6,8-10H,1,7,11H2,(H,19,21). The molecule has 0 aliphatic rings. The zero-order valence-corrected chi connectivity index (χ0v) is 11.9. The first-order valence-electron chi connectivity index (χ1n) is 6.89. The molecule has 2 aromatic heterocycles. The number of hydrogen-bond acceptors (Lipinski definition) is 2. The van der Waals surface area contributed by atoms with Gasteiger partial charge in [0.25, 0.3) is 5.91 Å². The molecule has 22 heavy (non-hydrogen) atoms. The Morgan fingerprint density at radius 2 is 2.23 bits per heavy atom. The van der Waals surface area contributed by atoms with Gasteiger partial charge >= 0.3 is 0 Å². The highest BCUT2D eigenvalue weighted by atomic mass is 19.1. The first kappa shape index (κ1) is 14.1. The molecule has 0 saturated carbocycles. The molecule has 0 unspecified atom stereocenters. The van der Waals surface area contributed by atoms with Gasteiger partial charge in [0, 0.05) is 25.2 Å². The van der Waals surface area contributed by atoms with E-state index in [1.807, 2.05) is 10.6 Å². The number of benzene rings is 1. The lowest BCUT2D eigenvalue weighted by Gasteiger charge is -2.10. The predicted molar refractivity (Wildman–Crippen MR) is 82.2 cm³/mol. The monoisotopic (exact) mass is 298 g/mol. The summed E-state index contributed by atoms with van der Waals surface area (Å²) < 4.78 is 20.5. The second kappa shape index (κ2) is 5.89. The van der Waals surface area contributed by atoms with E-state index in [-0.39, 0.29) is 11.7 Å². The molecule has 3 rings (SSSR count). The van der Waals surface area contributed by atoms with E-state index in [4.69, 9.17) is 4.42 Å². The predicted octanol–water partition coefficient (Wildman–Crippen LogP) is 3.34. The van der Waals surface area contributed by atoms with Crippen LogP contribution < -0.4 is 5.32 Å². The van der Waals surface area contributed by atoms with Gasteiger partial charge in [-0.05, 0) is 17.7 Å². The van der Waals surface area contributed by atoms with E-state index in [1.165, 1.54) is 12.1 Å². The Morgan fingerprint density at radius 3 is 3.00 bits per heavy atom. The van der Waals surface area contributed by atoms with Crippen LogP contribution in [0.4, 0.5) is 4.39 Å². The van der Waals surface area contributed by atoms with Crippen molar-refractivity contribution < 1.29 is 13.6 Å². The summed E-state index contributed by atoms with van der Waals surface area (Å²) in [4.78, 5) is 12.3. The van der Waals surface area contributed by atoms with Gasteiger partial charge < -0.3 is 14.3 Å². The van der Waals surface area contributed by atoms with E-state index >= 15 is 0 Å². The van der Waals surface area contributed by atoms with Crippen LogP contribution in [0.2, 0.25) is 0 Å². The van der Waals surface area contributed by atoms with E-state index in [1.54, 1.807) is 30.5 Å². The van der Waals surface area contributed by atoms with Crippen molar-refractivity contribution in [3.8, 4) is 0 Å². The van der Waals surface area contributed by atoms with Crippen LogP contribution in [-0.4, -0.2) is 17.0 Å². The number of hydrogen-bond donors (Lipinski definition) is 1. The summed E-state index contributed by atoms with van der Waals surface area (Å²) in [5.74, 6) is -0.520. The van der Waals surface area contributed by atoms with Gasteiger partial charge in [0.15, 0.2) is 5.58 Å². The zero-order valence-electron chi connectivity index (χ0n) is 11.9. The molecule has 0 fully saturated rings. The van der Waals surface area contributed by atoms with Crippen LogP contribution in [0, 0.1) is 5.82 Å². The molecular weight excluding hydrogens is 283 g/mol. The van der Waals surface area contributed by atoms with Gasteiger partial charge in [-0.3, -0.25) is 4.79 Å². The number of fused-ring (bicyclic) bond motifs is 1. The van der Waals surface area contributed by atoms with Crippen molar-refractivity contribution in [2.24, 2.45) is 0 Å². The Kier molecular flexibility index (Phi) is 3.78. The zero-order chi connectivity index (χ0) is 15.5. The molecule has 4 nitrogen and oxygen atoms in total. The third-order valence-corrected chi connectivity index (χ3v) is 3.39. The first-order chi connectivity index (χ1) is 10.7. The van der Waals surface area contributed by atoms with Crippen LogP contribution in [0.25, 0.3) is 11.1 Å². The molecule has 0 aliphatic carbocycles. The number of halogens is 1. The maximum absolute atomic E-state index is 13.4. The second-order valence-corrected chi connectivity index (χ2v) is 4.91. The van der Waals surface area contributed by atoms with Gasteiger partial charge in [0.1, 0.15) is 11.5 Å². The Labute approximate surface area is 126 Å². The molecule has 0 radical (unpaired) electrons. The minimum Gasteiger partial charge on any atom is -0.463 e. The van der Waals surface area contributed by atoms with Crippen molar-refractivity contribution in [1.82, 2.24) is 9.88 Å². The number of amides is 1. The fourth-order valence-corrected chi connectivity index (χ4v) is 2.41. The average Bonchev–Trinajstić information content (AvgIpc) is 3.07. The number of rotatable bonds is 5. The van der Waals surface area contributed by atoms with Crippen LogP contribution in [-0.2, 0) is 6.54 Å². The highest BCUT2D eigenvalue weighted by Crippen LogP contribution is 2.22. The number of nitrogens with zero attached hydrogens (tertiary/aromatic N) is 1. The lowest BCUT2D eigenvalue weighted by Crippen LogP contribution is -2.26. The van der Waals surface area contributed by atoms with Crippen molar-refractivity contribution in [2.75, 3.05) is 6.54 Å². The molecule has 0 saturated heterocycles. The summed E-state index contributed by atoms with van der Waals surface area (Å²) in [5.41, 5.74) is 2.67. The van der Waals surface area contributed by atoms with E-state index in [0.717, 1.165) is 11.1 Å².